The molecule has 9 heteroatoms. The zero-order valence-corrected chi connectivity index (χ0v) is 20.9. The molecule has 0 aromatic carbocycles. The first-order valence-corrected chi connectivity index (χ1v) is 13.1. The van der Waals surface area contributed by atoms with Gasteiger partial charge in [0.25, 0.3) is 0 Å². The van der Waals surface area contributed by atoms with Crippen LogP contribution in [0.4, 0.5) is 0 Å². The van der Waals surface area contributed by atoms with Crippen molar-refractivity contribution < 1.29 is 19.2 Å². The molecule has 184 valence electrons. The predicted molar refractivity (Wildman–Crippen MR) is 129 cm³/mol. The summed E-state index contributed by atoms with van der Waals surface area (Å²) in [5.41, 5.74) is 20.9. The van der Waals surface area contributed by atoms with Gasteiger partial charge in [-0.1, -0.05) is 79.1 Å². The van der Waals surface area contributed by atoms with Crippen molar-refractivity contribution in [3.8, 4) is 0 Å². The fourth-order valence-electron chi connectivity index (χ4n) is 1.58. The monoisotopic (exact) mass is 444 g/mol. The molecule has 0 aromatic heterocycles. The average molecular weight is 445 g/mol. The van der Waals surface area contributed by atoms with Crippen LogP contribution in [0.1, 0.15) is 105 Å². The summed E-state index contributed by atoms with van der Waals surface area (Å²) in [6.45, 7) is 12.1. The molecule has 0 unspecified atom stereocenters. The van der Waals surface area contributed by atoms with Crippen LogP contribution in [0.5, 0.6) is 0 Å². The molecule has 29 heavy (non-hydrogen) atoms. The average Bonchev–Trinajstić information content (AvgIpc) is 2.67. The van der Waals surface area contributed by atoms with E-state index in [4.69, 9.17) is 42.1 Å². The molecule has 0 fully saturated rings. The molecule has 0 saturated carbocycles. The summed E-state index contributed by atoms with van der Waals surface area (Å²) in [5, 5.41) is 0. The van der Waals surface area contributed by atoms with Crippen molar-refractivity contribution in [2.45, 2.75) is 105 Å². The normalized spacial score (nSPS) is 9.52. The van der Waals surface area contributed by atoms with Gasteiger partial charge in [0.05, 0.1) is 0 Å². The van der Waals surface area contributed by atoms with Crippen molar-refractivity contribution in [2.75, 3.05) is 26.2 Å². The highest BCUT2D eigenvalue weighted by atomic mass is 28.4. The third kappa shape index (κ3) is 132. The second-order valence-electron chi connectivity index (χ2n) is 6.58. The fourth-order valence-corrected chi connectivity index (χ4v) is 1.58. The quantitative estimate of drug-likeness (QED) is 0.166. The summed E-state index contributed by atoms with van der Waals surface area (Å²) >= 11 is 0. The highest BCUT2D eigenvalue weighted by molar-refractivity contribution is 6.46. The van der Waals surface area contributed by atoms with E-state index in [-0.39, 0.29) is 0 Å². The number of rotatable bonds is 12. The summed E-state index contributed by atoms with van der Waals surface area (Å²) in [6.07, 6.45) is 15.0. The van der Waals surface area contributed by atoms with Gasteiger partial charge in [0.2, 0.25) is 0 Å². The van der Waals surface area contributed by atoms with Crippen molar-refractivity contribution in [2.24, 2.45) is 22.9 Å². The molecule has 0 aliphatic rings. The molecule has 0 radical (unpaired) electrons. The van der Waals surface area contributed by atoms with Gasteiger partial charge in [-0.25, -0.2) is 0 Å². The van der Waals surface area contributed by atoms with Gasteiger partial charge >= 0.3 is 9.05 Å². The van der Waals surface area contributed by atoms with Crippen molar-refractivity contribution in [3.05, 3.63) is 0 Å². The lowest BCUT2D eigenvalue weighted by Crippen LogP contribution is -2.33. The smallest absolute Gasteiger partial charge is 0.368 e. The van der Waals surface area contributed by atoms with Crippen molar-refractivity contribution >= 4 is 9.05 Å². The Labute approximate surface area is 182 Å². The molecule has 12 N–H and O–H groups in total. The Balaban J connectivity index is -0.0000000829. The predicted octanol–water partition coefficient (Wildman–Crippen LogP) is 1.93. The van der Waals surface area contributed by atoms with E-state index in [1.165, 1.54) is 77.0 Å². The van der Waals surface area contributed by atoms with E-state index in [9.17, 15) is 0 Å². The van der Waals surface area contributed by atoms with Gasteiger partial charge in [0.15, 0.2) is 0 Å². The van der Waals surface area contributed by atoms with Gasteiger partial charge < -0.3 is 42.1 Å². The first-order chi connectivity index (χ1) is 13.7. The van der Waals surface area contributed by atoms with Gasteiger partial charge in [-0.05, 0) is 51.9 Å². The maximum absolute atomic E-state index is 7.33. The Hall–Kier alpha value is -0.103. The molecule has 0 saturated heterocycles. The van der Waals surface area contributed by atoms with Gasteiger partial charge in [-0.3, -0.25) is 0 Å². The summed E-state index contributed by atoms with van der Waals surface area (Å²) in [7, 11) is -4.61. The topological polar surface area (TPSA) is 185 Å². The van der Waals surface area contributed by atoms with Gasteiger partial charge in [-0.2, -0.15) is 0 Å². The third-order valence-electron chi connectivity index (χ3n) is 3.23. The Kier molecular flexibility index (Phi) is 57.2. The standard InChI is InChI=1S/4C5H13N.H4O4Si/c4*1-2-3-4-5-6;1-5(2,3)4/h4*2-6H2,1H3;1-4H. The molecule has 0 aromatic rings. The van der Waals surface area contributed by atoms with Crippen LogP contribution in [0.25, 0.3) is 0 Å². The summed E-state index contributed by atoms with van der Waals surface area (Å²) in [6, 6.07) is 0. The van der Waals surface area contributed by atoms with E-state index in [2.05, 4.69) is 27.7 Å². The number of hydrogen-bond acceptors (Lipinski definition) is 8. The Bertz CT molecular complexity index is 171. The van der Waals surface area contributed by atoms with Crippen LogP contribution in [-0.2, 0) is 0 Å². The van der Waals surface area contributed by atoms with Crippen molar-refractivity contribution in [1.29, 1.82) is 0 Å². The van der Waals surface area contributed by atoms with Crippen LogP contribution in [0.15, 0.2) is 0 Å². The highest BCUT2D eigenvalue weighted by Gasteiger charge is 2.22. The first-order valence-electron chi connectivity index (χ1n) is 11.4. The number of nitrogens with two attached hydrogens (primary N) is 4. The molecule has 0 spiro atoms. The zero-order chi connectivity index (χ0) is 23.8. The lowest BCUT2D eigenvalue weighted by molar-refractivity contribution is 0.117. The van der Waals surface area contributed by atoms with Crippen LogP contribution < -0.4 is 22.9 Å². The van der Waals surface area contributed by atoms with Crippen LogP contribution in [0.3, 0.4) is 0 Å². The maximum Gasteiger partial charge on any atom is 0.668 e. The van der Waals surface area contributed by atoms with Crippen LogP contribution in [0.2, 0.25) is 0 Å². The molecule has 0 amide bonds. The van der Waals surface area contributed by atoms with Gasteiger partial charge in [0.1, 0.15) is 0 Å². The Morgan fingerprint density at radius 1 is 0.414 bits per heavy atom. The molecule has 0 atom stereocenters. The lowest BCUT2D eigenvalue weighted by Gasteiger charge is -1.91. The second-order valence-corrected chi connectivity index (χ2v) is 7.78. The molecular weight excluding hydrogens is 388 g/mol. The van der Waals surface area contributed by atoms with E-state index in [0.717, 1.165) is 26.2 Å². The first kappa shape index (κ1) is 39.4. The zero-order valence-electron chi connectivity index (χ0n) is 19.9. The lowest BCUT2D eigenvalue weighted by atomic mass is 10.3. The third-order valence-corrected chi connectivity index (χ3v) is 3.23. The summed E-state index contributed by atoms with van der Waals surface area (Å²) in [4.78, 5) is 29.3. The molecule has 0 aliphatic heterocycles. The second kappa shape index (κ2) is 42.1. The van der Waals surface area contributed by atoms with E-state index in [0.29, 0.717) is 0 Å². The Morgan fingerprint density at radius 2 is 0.552 bits per heavy atom. The molecular formula is C20H56N4O4Si. The molecule has 0 bridgehead atoms. The van der Waals surface area contributed by atoms with Crippen molar-refractivity contribution in [3.63, 3.8) is 0 Å². The summed E-state index contributed by atoms with van der Waals surface area (Å²) in [5.74, 6) is 0. The minimum atomic E-state index is -4.61. The number of hydrogen-bond donors (Lipinski definition) is 8. The maximum atomic E-state index is 7.33. The minimum Gasteiger partial charge on any atom is -0.368 e. The fraction of sp³-hybridized carbons (Fsp3) is 1.00. The van der Waals surface area contributed by atoms with Crippen molar-refractivity contribution in [1.82, 2.24) is 0 Å². The number of unbranched alkanes of at least 4 members (excludes halogenated alkanes) is 8. The molecule has 8 nitrogen and oxygen atoms in total. The van der Waals surface area contributed by atoms with Crippen LogP contribution in [0, 0.1) is 0 Å². The Morgan fingerprint density at radius 3 is 0.586 bits per heavy atom. The minimum absolute atomic E-state index is 0.855. The highest BCUT2D eigenvalue weighted by Crippen LogP contribution is 1.89. The van der Waals surface area contributed by atoms with Gasteiger partial charge in [0, 0.05) is 0 Å². The van der Waals surface area contributed by atoms with E-state index in [1.807, 2.05) is 0 Å². The van der Waals surface area contributed by atoms with Crippen LogP contribution >= 0.6 is 0 Å². The van der Waals surface area contributed by atoms with E-state index in [1.54, 1.807) is 0 Å². The van der Waals surface area contributed by atoms with Crippen LogP contribution in [-0.4, -0.2) is 54.4 Å². The largest absolute Gasteiger partial charge is 0.668 e. The van der Waals surface area contributed by atoms with E-state index < -0.39 is 9.05 Å². The molecule has 0 aliphatic carbocycles. The van der Waals surface area contributed by atoms with E-state index >= 15 is 0 Å². The molecule has 0 rings (SSSR count). The molecule has 0 heterocycles. The van der Waals surface area contributed by atoms with Gasteiger partial charge in [-0.15, -0.1) is 0 Å². The SMILES string of the molecule is CCCCCN.CCCCCN.CCCCCN.CCCCCN.O[Si](O)(O)O. The summed E-state index contributed by atoms with van der Waals surface area (Å²) < 4.78 is 0.